The molecule has 4 nitrogen and oxygen atoms in total. The van der Waals surface area contributed by atoms with E-state index in [1.165, 1.54) is 25.4 Å². The Morgan fingerprint density at radius 2 is 2.08 bits per heavy atom. The Kier molecular flexibility index (Phi) is 4.40. The van der Waals surface area contributed by atoms with Crippen molar-refractivity contribution in [3.63, 3.8) is 0 Å². The van der Waals surface area contributed by atoms with Crippen molar-refractivity contribution in [3.8, 4) is 5.75 Å². The zero-order chi connectivity index (χ0) is 17.3. The molecule has 1 aromatic carbocycles. The van der Waals surface area contributed by atoms with Crippen LogP contribution in [0.3, 0.4) is 0 Å². The average molecular weight is 341 g/mol. The van der Waals surface area contributed by atoms with Crippen molar-refractivity contribution in [2.24, 2.45) is 0 Å². The molecule has 8 heteroatoms. The van der Waals surface area contributed by atoms with Crippen LogP contribution in [-0.4, -0.2) is 28.5 Å². The van der Waals surface area contributed by atoms with Gasteiger partial charge in [0.25, 0.3) is 0 Å². The van der Waals surface area contributed by atoms with Gasteiger partial charge in [-0.1, -0.05) is 0 Å². The highest BCUT2D eigenvalue weighted by atomic mass is 19.4. The molecule has 1 aliphatic rings. The summed E-state index contributed by atoms with van der Waals surface area (Å²) in [6.07, 6.45) is -2.97. The smallest absolute Gasteiger partial charge is 0.451 e. The highest BCUT2D eigenvalue weighted by Crippen LogP contribution is 2.28. The molecule has 1 aliphatic heterocycles. The Hall–Kier alpha value is -2.22. The molecule has 0 N–H and O–H groups in total. The topological polar surface area (TPSA) is 38.2 Å². The third-order valence-electron chi connectivity index (χ3n) is 3.91. The molecule has 128 valence electrons. The van der Waals surface area contributed by atoms with Crippen LogP contribution in [0.4, 0.5) is 17.6 Å². The summed E-state index contributed by atoms with van der Waals surface area (Å²) in [6, 6.07) is 4.50. The maximum absolute atomic E-state index is 13.9. The molecule has 2 aromatic rings. The van der Waals surface area contributed by atoms with E-state index in [-0.39, 0.29) is 5.82 Å². The number of hydrogen-bond donors (Lipinski definition) is 0. The lowest BCUT2D eigenvalue weighted by atomic mass is 10.1. The van der Waals surface area contributed by atoms with Gasteiger partial charge in [0.2, 0.25) is 5.82 Å². The van der Waals surface area contributed by atoms with Gasteiger partial charge in [0.1, 0.15) is 11.6 Å². The number of nitrogens with zero attached hydrogens (tertiary/aromatic N) is 3. The van der Waals surface area contributed by atoms with E-state index < -0.39 is 12.0 Å². The van der Waals surface area contributed by atoms with E-state index in [1.54, 1.807) is 6.07 Å². The van der Waals surface area contributed by atoms with Gasteiger partial charge in [0.15, 0.2) is 0 Å². The van der Waals surface area contributed by atoms with Crippen LogP contribution < -0.4 is 4.74 Å². The minimum Gasteiger partial charge on any atom is -0.497 e. The van der Waals surface area contributed by atoms with Gasteiger partial charge in [-0.05, 0) is 18.2 Å². The minimum absolute atomic E-state index is 0.337. The SMILES string of the molecule is COc1ccc(F)c(CN2CCc3nc(C(F)(F)F)ncc3C2)c1. The molecular weight excluding hydrogens is 326 g/mol. The Balaban J connectivity index is 1.76. The van der Waals surface area contributed by atoms with Gasteiger partial charge in [-0.2, -0.15) is 13.2 Å². The van der Waals surface area contributed by atoms with Crippen molar-refractivity contribution in [1.82, 2.24) is 14.9 Å². The molecule has 0 spiro atoms. The Labute approximate surface area is 136 Å². The molecule has 0 fully saturated rings. The molecule has 0 saturated heterocycles. The summed E-state index contributed by atoms with van der Waals surface area (Å²) in [5.41, 5.74) is 1.52. The summed E-state index contributed by atoms with van der Waals surface area (Å²) in [6.45, 7) is 1.21. The number of methoxy groups -OCH3 is 1. The predicted octanol–water partition coefficient (Wildman–Crippen LogP) is 3.20. The fourth-order valence-electron chi connectivity index (χ4n) is 2.69. The summed E-state index contributed by atoms with van der Waals surface area (Å²) in [4.78, 5) is 8.95. The largest absolute Gasteiger partial charge is 0.497 e. The van der Waals surface area contributed by atoms with Gasteiger partial charge in [-0.15, -0.1) is 0 Å². The molecule has 0 unspecified atom stereocenters. The quantitative estimate of drug-likeness (QED) is 0.804. The maximum Gasteiger partial charge on any atom is 0.451 e. The molecule has 2 heterocycles. The molecule has 0 amide bonds. The lowest BCUT2D eigenvalue weighted by Crippen LogP contribution is -2.32. The van der Waals surface area contributed by atoms with Crippen molar-refractivity contribution in [3.05, 3.63) is 52.9 Å². The van der Waals surface area contributed by atoms with Crippen molar-refractivity contribution in [2.75, 3.05) is 13.7 Å². The van der Waals surface area contributed by atoms with Crippen LogP contribution in [0.1, 0.15) is 22.6 Å². The van der Waals surface area contributed by atoms with Crippen molar-refractivity contribution in [2.45, 2.75) is 25.7 Å². The van der Waals surface area contributed by atoms with Gasteiger partial charge >= 0.3 is 6.18 Å². The first-order valence-electron chi connectivity index (χ1n) is 7.33. The molecule has 0 aliphatic carbocycles. The standard InChI is InChI=1S/C16H15F4N3O/c1-24-12-2-3-13(17)10(6-12)8-23-5-4-14-11(9-23)7-21-15(22-14)16(18,19)20/h2-3,6-7H,4-5,8-9H2,1H3. The second kappa shape index (κ2) is 6.35. The van der Waals surface area contributed by atoms with Gasteiger partial charge in [0.05, 0.1) is 12.8 Å². The number of benzene rings is 1. The summed E-state index contributed by atoms with van der Waals surface area (Å²) < 4.78 is 56.9. The second-order valence-electron chi connectivity index (χ2n) is 5.58. The highest BCUT2D eigenvalue weighted by molar-refractivity contribution is 5.30. The fourth-order valence-corrected chi connectivity index (χ4v) is 2.69. The van der Waals surface area contributed by atoms with E-state index in [1.807, 2.05) is 4.90 Å². The van der Waals surface area contributed by atoms with Crippen LogP contribution >= 0.6 is 0 Å². The number of fused-ring (bicyclic) bond motifs is 1. The van der Waals surface area contributed by atoms with Gasteiger partial charge in [0, 0.05) is 43.4 Å². The average Bonchev–Trinajstić information content (AvgIpc) is 2.55. The number of ether oxygens (including phenoxy) is 1. The number of rotatable bonds is 3. The predicted molar refractivity (Wildman–Crippen MR) is 77.8 cm³/mol. The first kappa shape index (κ1) is 16.6. The molecule has 1 aromatic heterocycles. The number of aromatic nitrogens is 2. The summed E-state index contributed by atoms with van der Waals surface area (Å²) in [5.74, 6) is -0.902. The van der Waals surface area contributed by atoms with Gasteiger partial charge in [-0.3, -0.25) is 4.90 Å². The second-order valence-corrected chi connectivity index (χ2v) is 5.58. The van der Waals surface area contributed by atoms with Crippen LogP contribution in [0.25, 0.3) is 0 Å². The van der Waals surface area contributed by atoms with E-state index in [0.717, 1.165) is 0 Å². The van der Waals surface area contributed by atoms with E-state index in [4.69, 9.17) is 4.74 Å². The molecule has 0 atom stereocenters. The first-order chi connectivity index (χ1) is 11.4. The van der Waals surface area contributed by atoms with Crippen LogP contribution in [0.2, 0.25) is 0 Å². The van der Waals surface area contributed by atoms with Crippen molar-refractivity contribution in [1.29, 1.82) is 0 Å². The van der Waals surface area contributed by atoms with Crippen LogP contribution in [-0.2, 0) is 25.7 Å². The number of alkyl halides is 3. The zero-order valence-electron chi connectivity index (χ0n) is 12.9. The first-order valence-corrected chi connectivity index (χ1v) is 7.33. The zero-order valence-corrected chi connectivity index (χ0v) is 12.9. The monoisotopic (exact) mass is 341 g/mol. The van der Waals surface area contributed by atoms with E-state index >= 15 is 0 Å². The van der Waals surface area contributed by atoms with Crippen LogP contribution in [0.15, 0.2) is 24.4 Å². The molecule has 0 radical (unpaired) electrons. The summed E-state index contributed by atoms with van der Waals surface area (Å²) in [5, 5.41) is 0. The third-order valence-corrected chi connectivity index (χ3v) is 3.91. The highest BCUT2D eigenvalue weighted by Gasteiger charge is 2.35. The fraction of sp³-hybridized carbons (Fsp3) is 0.375. The maximum atomic E-state index is 13.9. The van der Waals surface area contributed by atoms with Gasteiger partial charge in [-0.25, -0.2) is 14.4 Å². The van der Waals surface area contributed by atoms with Crippen molar-refractivity contribution >= 4 is 0 Å². The lowest BCUT2D eigenvalue weighted by Gasteiger charge is -2.28. The number of hydrogen-bond acceptors (Lipinski definition) is 4. The number of halogens is 4. The molecule has 0 saturated carbocycles. The normalized spacial score (nSPS) is 15.2. The third kappa shape index (κ3) is 3.48. The minimum atomic E-state index is -4.55. The van der Waals surface area contributed by atoms with Crippen molar-refractivity contribution < 1.29 is 22.3 Å². The molecule has 3 rings (SSSR count). The Bertz CT molecular complexity index is 749. The lowest BCUT2D eigenvalue weighted by molar-refractivity contribution is -0.145. The van der Waals surface area contributed by atoms with Crippen LogP contribution in [0, 0.1) is 5.82 Å². The molecule has 24 heavy (non-hydrogen) atoms. The summed E-state index contributed by atoms with van der Waals surface area (Å²) >= 11 is 0. The molecular formula is C16H15F4N3O. The van der Waals surface area contributed by atoms with E-state index in [2.05, 4.69) is 9.97 Å². The Morgan fingerprint density at radius 3 is 2.79 bits per heavy atom. The van der Waals surface area contributed by atoms with Crippen LogP contribution in [0.5, 0.6) is 5.75 Å². The van der Waals surface area contributed by atoms with E-state index in [9.17, 15) is 17.6 Å². The Morgan fingerprint density at radius 1 is 1.29 bits per heavy atom. The van der Waals surface area contributed by atoms with E-state index in [0.29, 0.717) is 48.6 Å². The van der Waals surface area contributed by atoms with Gasteiger partial charge < -0.3 is 4.74 Å². The summed E-state index contributed by atoms with van der Waals surface area (Å²) in [7, 11) is 1.50. The molecule has 0 bridgehead atoms.